The molecule has 2 N–H and O–H groups in total. The monoisotopic (exact) mass is 772 g/mol. The molecule has 0 fully saturated rings. The molecule has 4 rings (SSSR count). The van der Waals surface area contributed by atoms with E-state index in [1.165, 1.54) is 38.2 Å². The van der Waals surface area contributed by atoms with Gasteiger partial charge in [-0.1, -0.05) is 15.3 Å². The highest BCUT2D eigenvalue weighted by Crippen LogP contribution is 2.33. The van der Waals surface area contributed by atoms with Crippen LogP contribution in [0.2, 0.25) is 5.02 Å². The molecular formula is C24H30ClFN8O10S4. The smallest absolute Gasteiger partial charge is 0.336 e. The molecule has 2 amide bonds. The molecule has 2 aromatic heterocycles. The lowest BCUT2D eigenvalue weighted by atomic mass is 10.3. The van der Waals surface area contributed by atoms with Crippen molar-refractivity contribution in [3.8, 4) is 11.8 Å². The van der Waals surface area contributed by atoms with Gasteiger partial charge in [-0.15, -0.1) is 11.8 Å². The number of ether oxygens (including phenoxy) is 3. The summed E-state index contributed by atoms with van der Waals surface area (Å²) in [6, 6.07) is 2.71. The van der Waals surface area contributed by atoms with Crippen LogP contribution in [0.25, 0.3) is 0 Å². The summed E-state index contributed by atoms with van der Waals surface area (Å²) in [7, 11) is -3.97. The average molecular weight is 773 g/mol. The number of benzene rings is 1. The molecule has 0 saturated heterocycles. The van der Waals surface area contributed by atoms with Crippen molar-refractivity contribution in [2.45, 2.75) is 30.8 Å². The highest BCUT2D eigenvalue weighted by atomic mass is 35.5. The number of hydrogen-bond donors (Lipinski definition) is 2. The summed E-state index contributed by atoms with van der Waals surface area (Å²) in [5, 5.41) is 2.22. The maximum atomic E-state index is 14.3. The lowest BCUT2D eigenvalue weighted by molar-refractivity contribution is -0.137. The van der Waals surface area contributed by atoms with Crippen LogP contribution in [0, 0.1) is 5.82 Å². The van der Waals surface area contributed by atoms with Gasteiger partial charge >= 0.3 is 27.1 Å². The van der Waals surface area contributed by atoms with Crippen molar-refractivity contribution >= 4 is 78.6 Å². The van der Waals surface area contributed by atoms with E-state index in [-0.39, 0.29) is 42.8 Å². The van der Waals surface area contributed by atoms with E-state index in [4.69, 9.17) is 21.1 Å². The molecule has 24 heteroatoms. The number of sulfonamides is 1. The molecule has 18 nitrogen and oxygen atoms in total. The minimum absolute atomic E-state index is 0.00654. The summed E-state index contributed by atoms with van der Waals surface area (Å²) >= 11 is 8.17. The first-order valence-electron chi connectivity index (χ1n) is 13.3. The molecule has 1 aliphatic rings. The number of carbonyl (C=O) groups excluding carboxylic acids is 2. The Hall–Kier alpha value is -3.77. The molecule has 0 radical (unpaired) electrons. The van der Waals surface area contributed by atoms with Gasteiger partial charge in [-0.3, -0.25) is 19.6 Å². The van der Waals surface area contributed by atoms with Crippen LogP contribution in [0.1, 0.15) is 12.8 Å². The summed E-state index contributed by atoms with van der Waals surface area (Å²) in [4.78, 5) is 47.7. The lowest BCUT2D eigenvalue weighted by Gasteiger charge is -2.15. The first-order valence-corrected chi connectivity index (χ1v) is 18.7. The van der Waals surface area contributed by atoms with Crippen LogP contribution in [-0.4, -0.2) is 92.3 Å². The molecule has 0 aliphatic carbocycles. The summed E-state index contributed by atoms with van der Waals surface area (Å²) in [6.45, 7) is 1.32. The van der Waals surface area contributed by atoms with Crippen molar-refractivity contribution in [2.24, 2.45) is 4.99 Å². The highest BCUT2D eigenvalue weighted by Gasteiger charge is 2.28. The quantitative estimate of drug-likeness (QED) is 0.221. The van der Waals surface area contributed by atoms with Gasteiger partial charge in [-0.25, -0.2) is 32.0 Å². The fourth-order valence-corrected chi connectivity index (χ4v) is 7.53. The summed E-state index contributed by atoms with van der Waals surface area (Å²) in [6.07, 6.45) is 2.56. The number of nitrogens with one attached hydrogen (secondary N) is 2. The number of urea groups is 1. The van der Waals surface area contributed by atoms with Gasteiger partial charge in [-0.05, 0) is 36.3 Å². The number of amides is 2. The fraction of sp³-hybridized carbons (Fsp3) is 0.417. The molecule has 0 spiro atoms. The van der Waals surface area contributed by atoms with E-state index in [0.29, 0.717) is 29.0 Å². The van der Waals surface area contributed by atoms with Crippen molar-refractivity contribution in [1.82, 2.24) is 27.8 Å². The minimum Gasteiger partial charge on any atom is -0.481 e. The fourth-order valence-electron chi connectivity index (χ4n) is 3.59. The average Bonchev–Trinajstić information content (AvgIpc) is 3.35. The normalized spacial score (nSPS) is 13.2. The van der Waals surface area contributed by atoms with Gasteiger partial charge in [-0.2, -0.15) is 18.4 Å². The molecule has 0 unspecified atom stereocenters. The van der Waals surface area contributed by atoms with E-state index >= 15 is 0 Å². The minimum atomic E-state index is -4.60. The number of rotatable bonds is 10. The molecular weight excluding hydrogens is 743 g/mol. The largest absolute Gasteiger partial charge is 0.481 e. The Balaban J connectivity index is 0.000000262. The Labute approximate surface area is 287 Å². The molecule has 3 heterocycles. The van der Waals surface area contributed by atoms with E-state index in [9.17, 15) is 35.6 Å². The maximum Gasteiger partial charge on any atom is 0.336 e. The standard InChI is InChI=1S/C15H15ClFN3O3S2.C9H15N5O7S2/c1-23-13(21)8-24-12-7-11(10(17)6-9(12)16)18-14-19-4-2-3-5-20(19)15(22)25-14;1-14(22(4,16)17)23(18,19)13-9(15)12-8-10-6(20-2)5-7(11-8)21-3/h6-7H,2-5,8H2,1H3;5H,1-4H3,(H2,10,11,12,13,15). The number of hydrogen-bond acceptors (Lipinski definition) is 15. The van der Waals surface area contributed by atoms with E-state index in [0.717, 1.165) is 49.1 Å². The highest BCUT2D eigenvalue weighted by molar-refractivity contribution is 8.03. The van der Waals surface area contributed by atoms with Gasteiger partial charge < -0.3 is 14.2 Å². The molecule has 48 heavy (non-hydrogen) atoms. The van der Waals surface area contributed by atoms with E-state index in [1.807, 2.05) is 5.32 Å². The van der Waals surface area contributed by atoms with Crippen LogP contribution >= 0.6 is 34.7 Å². The van der Waals surface area contributed by atoms with Gasteiger partial charge in [0.1, 0.15) is 11.5 Å². The Kier molecular flexibility index (Phi) is 13.3. The summed E-state index contributed by atoms with van der Waals surface area (Å²) in [5.74, 6) is -1.12. The number of fused-ring (bicyclic) bond motifs is 1. The van der Waals surface area contributed by atoms with Gasteiger partial charge in [0.25, 0.3) is 0 Å². The first kappa shape index (κ1) is 38.7. The molecule has 264 valence electrons. The number of esters is 1. The van der Waals surface area contributed by atoms with Crippen molar-refractivity contribution in [2.75, 3.05) is 45.7 Å². The third-order valence-electron chi connectivity index (χ3n) is 6.03. The van der Waals surface area contributed by atoms with Crippen LogP contribution in [-0.2, 0) is 42.9 Å². The van der Waals surface area contributed by atoms with Crippen LogP contribution in [0.5, 0.6) is 11.8 Å². The SMILES string of the molecule is COC(=O)CSc1cc(N=c2sc(=O)n3n2CCCC3)c(F)cc1Cl.COc1cc(OC)nc(NC(=O)NS(=O)(=O)N(C)S(C)(=O)=O)n1. The van der Waals surface area contributed by atoms with E-state index in [1.54, 1.807) is 9.36 Å². The van der Waals surface area contributed by atoms with Crippen molar-refractivity contribution < 1.29 is 45.0 Å². The Morgan fingerprint density at radius 1 is 1.08 bits per heavy atom. The number of aromatic nitrogens is 4. The van der Waals surface area contributed by atoms with E-state index in [2.05, 4.69) is 19.7 Å². The van der Waals surface area contributed by atoms with Crippen molar-refractivity contribution in [1.29, 1.82) is 0 Å². The molecule has 3 aromatic rings. The zero-order valence-corrected chi connectivity index (χ0v) is 29.9. The van der Waals surface area contributed by atoms with Crippen LogP contribution in [0.4, 0.5) is 20.8 Å². The van der Waals surface area contributed by atoms with E-state index < -0.39 is 38.1 Å². The zero-order valence-electron chi connectivity index (χ0n) is 25.9. The number of methoxy groups -OCH3 is 3. The number of halogens is 2. The van der Waals surface area contributed by atoms with Gasteiger partial charge in [0.2, 0.25) is 32.5 Å². The summed E-state index contributed by atoms with van der Waals surface area (Å²) < 4.78 is 79.3. The third-order valence-corrected chi connectivity index (χ3v) is 11.8. The van der Waals surface area contributed by atoms with Crippen LogP contribution in [0.15, 0.2) is 32.9 Å². The van der Waals surface area contributed by atoms with Crippen molar-refractivity contribution in [3.05, 3.63) is 43.5 Å². The molecule has 1 aromatic carbocycles. The lowest BCUT2D eigenvalue weighted by Crippen LogP contribution is -2.45. The number of thioether (sulfide) groups is 1. The molecule has 0 saturated carbocycles. The number of nitrogens with zero attached hydrogens (tertiary/aromatic N) is 6. The molecule has 0 atom stereocenters. The van der Waals surface area contributed by atoms with Crippen LogP contribution in [0.3, 0.4) is 0 Å². The predicted molar refractivity (Wildman–Crippen MR) is 174 cm³/mol. The first-order chi connectivity index (χ1) is 22.5. The zero-order chi connectivity index (χ0) is 35.8. The second-order valence-corrected chi connectivity index (χ2v) is 15.6. The maximum absolute atomic E-state index is 14.3. The van der Waals surface area contributed by atoms with Gasteiger partial charge in [0.05, 0.1) is 44.4 Å². The Morgan fingerprint density at radius 2 is 1.69 bits per heavy atom. The summed E-state index contributed by atoms with van der Waals surface area (Å²) in [5.41, 5.74) is 0.0829. The molecule has 1 aliphatic heterocycles. The Morgan fingerprint density at radius 3 is 2.25 bits per heavy atom. The predicted octanol–water partition coefficient (Wildman–Crippen LogP) is 1.55. The topological polar surface area (TPSA) is 222 Å². The van der Waals surface area contributed by atoms with Gasteiger partial charge in [0, 0.05) is 25.0 Å². The second-order valence-electron chi connectivity index (χ2n) is 9.29. The Bertz CT molecular complexity index is 2000. The third kappa shape index (κ3) is 10.4. The molecule has 0 bridgehead atoms. The van der Waals surface area contributed by atoms with Gasteiger partial charge in [0.15, 0.2) is 0 Å². The number of carbonyl (C=O) groups is 2. The van der Waals surface area contributed by atoms with Crippen LogP contribution < -0.4 is 29.2 Å². The number of anilines is 1. The second kappa shape index (κ2) is 16.6. The van der Waals surface area contributed by atoms with Crippen molar-refractivity contribution in [3.63, 3.8) is 0 Å².